The van der Waals surface area contributed by atoms with Gasteiger partial charge in [0, 0.05) is 6.54 Å². The molecule has 0 saturated heterocycles. The van der Waals surface area contributed by atoms with Crippen LogP contribution < -0.4 is 11.1 Å². The van der Waals surface area contributed by atoms with E-state index in [9.17, 15) is 0 Å². The summed E-state index contributed by atoms with van der Waals surface area (Å²) < 4.78 is 0. The van der Waals surface area contributed by atoms with Gasteiger partial charge in [0.25, 0.3) is 0 Å². The third-order valence-corrected chi connectivity index (χ3v) is 2.48. The van der Waals surface area contributed by atoms with Crippen LogP contribution in [0.2, 0.25) is 0 Å². The van der Waals surface area contributed by atoms with Crippen LogP contribution in [0.25, 0.3) is 0 Å². The molecule has 0 saturated carbocycles. The molecular formula is C12H28N2. The lowest BCUT2D eigenvalue weighted by Crippen LogP contribution is -2.33. The van der Waals surface area contributed by atoms with Crippen molar-refractivity contribution in [3.05, 3.63) is 0 Å². The SMILES string of the molecule is CC(C)(C)CCNCC(C)(C)CCN. The van der Waals surface area contributed by atoms with Crippen LogP contribution in [0, 0.1) is 10.8 Å². The van der Waals surface area contributed by atoms with Gasteiger partial charge in [-0.2, -0.15) is 0 Å². The van der Waals surface area contributed by atoms with Gasteiger partial charge in [0.2, 0.25) is 0 Å². The van der Waals surface area contributed by atoms with Crippen LogP contribution in [0.15, 0.2) is 0 Å². The predicted octanol–water partition coefficient (Wildman–Crippen LogP) is 2.39. The van der Waals surface area contributed by atoms with Crippen LogP contribution in [-0.2, 0) is 0 Å². The molecule has 0 aliphatic rings. The van der Waals surface area contributed by atoms with E-state index in [4.69, 9.17) is 5.73 Å². The maximum absolute atomic E-state index is 5.56. The van der Waals surface area contributed by atoms with E-state index < -0.39 is 0 Å². The van der Waals surface area contributed by atoms with E-state index in [0.717, 1.165) is 26.1 Å². The van der Waals surface area contributed by atoms with Crippen LogP contribution in [0.4, 0.5) is 0 Å². The van der Waals surface area contributed by atoms with Crippen LogP contribution >= 0.6 is 0 Å². The third-order valence-electron chi connectivity index (χ3n) is 2.48. The van der Waals surface area contributed by atoms with E-state index in [0.29, 0.717) is 10.8 Å². The number of rotatable bonds is 6. The average molecular weight is 200 g/mol. The predicted molar refractivity (Wildman–Crippen MR) is 64.4 cm³/mol. The Bertz CT molecular complexity index is 145. The number of nitrogens with one attached hydrogen (secondary N) is 1. The molecule has 0 radical (unpaired) electrons. The lowest BCUT2D eigenvalue weighted by atomic mass is 9.88. The van der Waals surface area contributed by atoms with E-state index in [1.54, 1.807) is 0 Å². The van der Waals surface area contributed by atoms with E-state index in [2.05, 4.69) is 39.9 Å². The van der Waals surface area contributed by atoms with Gasteiger partial charge >= 0.3 is 0 Å². The molecule has 0 fully saturated rings. The van der Waals surface area contributed by atoms with Crippen LogP contribution in [0.1, 0.15) is 47.5 Å². The third kappa shape index (κ3) is 8.52. The Morgan fingerprint density at radius 2 is 1.57 bits per heavy atom. The van der Waals surface area contributed by atoms with Crippen molar-refractivity contribution in [3.63, 3.8) is 0 Å². The molecular weight excluding hydrogens is 172 g/mol. The van der Waals surface area contributed by atoms with Gasteiger partial charge < -0.3 is 11.1 Å². The molecule has 0 amide bonds. The van der Waals surface area contributed by atoms with Crippen LogP contribution in [-0.4, -0.2) is 19.6 Å². The zero-order valence-corrected chi connectivity index (χ0v) is 10.6. The van der Waals surface area contributed by atoms with Gasteiger partial charge in [-0.1, -0.05) is 34.6 Å². The average Bonchev–Trinajstić information content (AvgIpc) is 1.96. The Morgan fingerprint density at radius 3 is 2.00 bits per heavy atom. The Labute approximate surface area is 89.6 Å². The summed E-state index contributed by atoms with van der Waals surface area (Å²) in [5, 5.41) is 3.51. The summed E-state index contributed by atoms with van der Waals surface area (Å²) >= 11 is 0. The first-order chi connectivity index (χ1) is 6.27. The largest absolute Gasteiger partial charge is 0.330 e. The van der Waals surface area contributed by atoms with Gasteiger partial charge in [0.15, 0.2) is 0 Å². The second-order valence-corrected chi connectivity index (χ2v) is 6.19. The van der Waals surface area contributed by atoms with Crippen molar-refractivity contribution in [2.75, 3.05) is 19.6 Å². The minimum absolute atomic E-state index is 0.340. The zero-order chi connectivity index (χ0) is 11.2. The molecule has 0 aromatic rings. The zero-order valence-electron chi connectivity index (χ0n) is 10.6. The van der Waals surface area contributed by atoms with Crippen molar-refractivity contribution >= 4 is 0 Å². The second kappa shape index (κ2) is 5.72. The highest BCUT2D eigenvalue weighted by Crippen LogP contribution is 2.19. The molecule has 2 heteroatoms. The Balaban J connectivity index is 3.54. The summed E-state index contributed by atoms with van der Waals surface area (Å²) in [6, 6.07) is 0. The van der Waals surface area contributed by atoms with Crippen molar-refractivity contribution in [1.82, 2.24) is 5.32 Å². The van der Waals surface area contributed by atoms with E-state index in [-0.39, 0.29) is 0 Å². The summed E-state index contributed by atoms with van der Waals surface area (Å²) in [4.78, 5) is 0. The van der Waals surface area contributed by atoms with Gasteiger partial charge in [-0.15, -0.1) is 0 Å². The number of hydrogen-bond acceptors (Lipinski definition) is 2. The van der Waals surface area contributed by atoms with Gasteiger partial charge in [-0.25, -0.2) is 0 Å². The fourth-order valence-electron chi connectivity index (χ4n) is 1.37. The van der Waals surface area contributed by atoms with Crippen molar-refractivity contribution in [2.45, 2.75) is 47.5 Å². The highest BCUT2D eigenvalue weighted by atomic mass is 14.9. The standard InChI is InChI=1S/C12H28N2/c1-11(2,3)7-9-14-10-12(4,5)6-8-13/h14H,6-10,13H2,1-5H3. The summed E-state index contributed by atoms with van der Waals surface area (Å²) in [7, 11) is 0. The van der Waals surface area contributed by atoms with Gasteiger partial charge in [-0.05, 0) is 36.8 Å². The minimum atomic E-state index is 0.340. The summed E-state index contributed by atoms with van der Waals surface area (Å²) in [5.41, 5.74) is 6.34. The lowest BCUT2D eigenvalue weighted by Gasteiger charge is -2.25. The maximum atomic E-state index is 5.56. The molecule has 0 spiro atoms. The fraction of sp³-hybridized carbons (Fsp3) is 1.00. The molecule has 3 N–H and O–H groups in total. The van der Waals surface area contributed by atoms with Gasteiger partial charge in [-0.3, -0.25) is 0 Å². The van der Waals surface area contributed by atoms with E-state index in [1.165, 1.54) is 6.42 Å². The van der Waals surface area contributed by atoms with Gasteiger partial charge in [0.05, 0.1) is 0 Å². The molecule has 0 aliphatic carbocycles. The summed E-state index contributed by atoms with van der Waals surface area (Å²) in [6.07, 6.45) is 2.32. The summed E-state index contributed by atoms with van der Waals surface area (Å²) in [6.45, 7) is 14.3. The molecule has 86 valence electrons. The number of hydrogen-bond donors (Lipinski definition) is 2. The van der Waals surface area contributed by atoms with Crippen molar-refractivity contribution < 1.29 is 0 Å². The normalized spacial score (nSPS) is 13.3. The molecule has 0 heterocycles. The highest BCUT2D eigenvalue weighted by molar-refractivity contribution is 4.72. The molecule has 14 heavy (non-hydrogen) atoms. The minimum Gasteiger partial charge on any atom is -0.330 e. The Hall–Kier alpha value is -0.0800. The first-order valence-corrected chi connectivity index (χ1v) is 5.68. The Kier molecular flexibility index (Phi) is 5.68. The molecule has 2 nitrogen and oxygen atoms in total. The summed E-state index contributed by atoms with van der Waals surface area (Å²) in [5.74, 6) is 0. The van der Waals surface area contributed by atoms with Crippen LogP contribution in [0.3, 0.4) is 0 Å². The first-order valence-electron chi connectivity index (χ1n) is 5.68. The smallest absolute Gasteiger partial charge is 0.000299 e. The van der Waals surface area contributed by atoms with Crippen molar-refractivity contribution in [3.8, 4) is 0 Å². The second-order valence-electron chi connectivity index (χ2n) is 6.19. The Morgan fingerprint density at radius 1 is 1.00 bits per heavy atom. The fourth-order valence-corrected chi connectivity index (χ4v) is 1.37. The number of nitrogens with two attached hydrogens (primary N) is 1. The molecule has 0 atom stereocenters. The monoisotopic (exact) mass is 200 g/mol. The van der Waals surface area contributed by atoms with E-state index in [1.807, 2.05) is 0 Å². The molecule has 0 bridgehead atoms. The van der Waals surface area contributed by atoms with Gasteiger partial charge in [0.1, 0.15) is 0 Å². The van der Waals surface area contributed by atoms with E-state index >= 15 is 0 Å². The lowest BCUT2D eigenvalue weighted by molar-refractivity contribution is 0.300. The molecule has 0 unspecified atom stereocenters. The van der Waals surface area contributed by atoms with Crippen molar-refractivity contribution in [2.24, 2.45) is 16.6 Å². The molecule has 0 rings (SSSR count). The first kappa shape index (κ1) is 13.9. The topological polar surface area (TPSA) is 38.0 Å². The van der Waals surface area contributed by atoms with Crippen molar-refractivity contribution in [1.29, 1.82) is 0 Å². The molecule has 0 aromatic heterocycles. The maximum Gasteiger partial charge on any atom is 0.000299 e. The molecule has 0 aliphatic heterocycles. The quantitative estimate of drug-likeness (QED) is 0.646. The highest BCUT2D eigenvalue weighted by Gasteiger charge is 2.16. The van der Waals surface area contributed by atoms with Crippen LogP contribution in [0.5, 0.6) is 0 Å². The molecule has 0 aromatic carbocycles.